The van der Waals surface area contributed by atoms with Gasteiger partial charge in [0.15, 0.2) is 17.3 Å². The van der Waals surface area contributed by atoms with Gasteiger partial charge < -0.3 is 18.6 Å². The Hall–Kier alpha value is -3.07. The van der Waals surface area contributed by atoms with Gasteiger partial charge in [-0.25, -0.2) is 0 Å². The number of ketones is 2. The van der Waals surface area contributed by atoms with Crippen LogP contribution in [0, 0.1) is 0 Å². The maximum Gasteiger partial charge on any atom is 0.501 e. The number of fused-ring (bicyclic) bond motifs is 4. The number of carbonyl (C=O) groups is 2. The van der Waals surface area contributed by atoms with Crippen molar-refractivity contribution in [2.24, 2.45) is 0 Å². The lowest BCUT2D eigenvalue weighted by Gasteiger charge is -2.19. The first kappa shape index (κ1) is 13.6. The number of hydrogen-bond acceptors (Lipinski definition) is 8. The number of carbonyl (C=O) groups excluding carboxylic acids is 2. The van der Waals surface area contributed by atoms with Crippen molar-refractivity contribution in [3.05, 3.63) is 46.5 Å². The van der Waals surface area contributed by atoms with Crippen molar-refractivity contribution in [1.82, 2.24) is 0 Å². The first-order valence-corrected chi connectivity index (χ1v) is 7.59. The molecule has 1 heterocycles. The van der Waals surface area contributed by atoms with E-state index < -0.39 is 56.1 Å². The molecule has 9 heteroatoms. The predicted octanol–water partition coefficient (Wildman–Crippen LogP) is 0.889. The summed E-state index contributed by atoms with van der Waals surface area (Å²) in [4.78, 5) is 25.1. The van der Waals surface area contributed by atoms with Crippen LogP contribution in [0.5, 0.6) is 23.0 Å². The quantitative estimate of drug-likeness (QED) is 0.580. The van der Waals surface area contributed by atoms with Gasteiger partial charge in [0, 0.05) is 11.1 Å². The Balaban J connectivity index is 2.13. The normalized spacial score (nSPS) is 16.9. The van der Waals surface area contributed by atoms with E-state index in [1.165, 1.54) is 24.3 Å². The van der Waals surface area contributed by atoms with Gasteiger partial charge in [-0.3, -0.25) is 9.59 Å². The van der Waals surface area contributed by atoms with Crippen LogP contribution in [0.25, 0.3) is 0 Å². The maximum atomic E-state index is 12.6. The third-order valence-corrected chi connectivity index (χ3v) is 4.34. The average Bonchev–Trinajstić information content (AvgIpc) is 2.84. The molecule has 0 saturated carbocycles. The molecule has 0 aromatic heterocycles. The highest BCUT2D eigenvalue weighted by molar-refractivity contribution is 7.82. The lowest BCUT2D eigenvalue weighted by atomic mass is 9.82. The molecule has 2 aliphatic rings. The van der Waals surface area contributed by atoms with Crippen molar-refractivity contribution in [1.29, 1.82) is 0 Å². The van der Waals surface area contributed by atoms with Crippen molar-refractivity contribution in [2.75, 3.05) is 0 Å². The fourth-order valence-corrected chi connectivity index (χ4v) is 3.40. The Morgan fingerprint density at radius 3 is 1.91 bits per heavy atom. The van der Waals surface area contributed by atoms with Crippen molar-refractivity contribution in [3.8, 4) is 23.0 Å². The summed E-state index contributed by atoms with van der Waals surface area (Å²) in [6.45, 7) is 0. The molecule has 0 amide bonds. The minimum atomic E-state index is -4.53. The van der Waals surface area contributed by atoms with Gasteiger partial charge in [0.1, 0.15) is 0 Å². The maximum absolute atomic E-state index is 12.6. The van der Waals surface area contributed by atoms with Crippen molar-refractivity contribution in [3.63, 3.8) is 0 Å². The van der Waals surface area contributed by atoms with E-state index in [4.69, 9.17) is 0 Å². The predicted molar refractivity (Wildman–Crippen MR) is 73.3 cm³/mol. The van der Waals surface area contributed by atoms with E-state index in [2.05, 4.69) is 8.37 Å². The molecule has 2 aromatic carbocycles. The minimum Gasteiger partial charge on any atom is -0.504 e. The van der Waals surface area contributed by atoms with E-state index in [1.807, 2.05) is 0 Å². The zero-order valence-electron chi connectivity index (χ0n) is 11.1. The van der Waals surface area contributed by atoms with E-state index in [0.717, 1.165) is 0 Å². The smallest absolute Gasteiger partial charge is 0.501 e. The van der Waals surface area contributed by atoms with E-state index in [0.29, 0.717) is 0 Å². The molecule has 23 heavy (non-hydrogen) atoms. The Labute approximate surface area is 128 Å². The summed E-state index contributed by atoms with van der Waals surface area (Å²) in [6, 6.07) is 5.84. The first-order chi connectivity index (χ1) is 10.8. The molecule has 0 fully saturated rings. The van der Waals surface area contributed by atoms with E-state index in [1.54, 1.807) is 0 Å². The van der Waals surface area contributed by atoms with Gasteiger partial charge in [-0.05, 0) is 0 Å². The van der Waals surface area contributed by atoms with Crippen molar-refractivity contribution >= 4 is 22.0 Å². The Morgan fingerprint density at radius 2 is 1.30 bits per heavy atom. The molecule has 116 valence electrons. The SMILES string of the molecule is O=C1c2ccccc2C(=O)c2c3c(c(O)c(O)c21)OS(=O)(=O)O3. The largest absolute Gasteiger partial charge is 0.504 e. The van der Waals surface area contributed by atoms with Crippen LogP contribution in [0.2, 0.25) is 0 Å². The Bertz CT molecular complexity index is 1040. The number of phenols is 2. The van der Waals surface area contributed by atoms with E-state index in [9.17, 15) is 28.2 Å². The van der Waals surface area contributed by atoms with E-state index in [-0.39, 0.29) is 11.1 Å². The second-order valence-electron chi connectivity index (χ2n) is 4.88. The molecule has 0 bridgehead atoms. The lowest BCUT2D eigenvalue weighted by molar-refractivity contribution is 0.0974. The second-order valence-corrected chi connectivity index (χ2v) is 6.03. The molecule has 0 radical (unpaired) electrons. The summed E-state index contributed by atoms with van der Waals surface area (Å²) in [6.07, 6.45) is 0. The zero-order chi connectivity index (χ0) is 16.5. The highest BCUT2D eigenvalue weighted by atomic mass is 32.3. The van der Waals surface area contributed by atoms with Crippen molar-refractivity contribution < 1.29 is 36.6 Å². The number of hydrogen-bond donors (Lipinski definition) is 2. The minimum absolute atomic E-state index is 0.0291. The van der Waals surface area contributed by atoms with Gasteiger partial charge in [0.2, 0.25) is 17.2 Å². The molecule has 0 unspecified atom stereocenters. The van der Waals surface area contributed by atoms with E-state index >= 15 is 0 Å². The number of benzene rings is 2. The fourth-order valence-electron chi connectivity index (χ4n) is 2.64. The molecule has 0 atom stereocenters. The number of aromatic hydroxyl groups is 2. The van der Waals surface area contributed by atoms with Crippen LogP contribution >= 0.6 is 0 Å². The Kier molecular flexibility index (Phi) is 2.37. The summed E-state index contributed by atoms with van der Waals surface area (Å²) in [5.74, 6) is -4.71. The molecule has 8 nitrogen and oxygen atoms in total. The van der Waals surface area contributed by atoms with Crippen LogP contribution in [-0.4, -0.2) is 30.2 Å². The number of phenolic OH excluding ortho intramolecular Hbond substituents is 2. The average molecular weight is 334 g/mol. The molecule has 0 spiro atoms. The summed E-state index contributed by atoms with van der Waals surface area (Å²) in [7, 11) is -4.53. The van der Waals surface area contributed by atoms with Gasteiger partial charge in [0.25, 0.3) is 0 Å². The van der Waals surface area contributed by atoms with Crippen molar-refractivity contribution in [2.45, 2.75) is 0 Å². The van der Waals surface area contributed by atoms with Crippen LogP contribution in [0.4, 0.5) is 0 Å². The zero-order valence-corrected chi connectivity index (χ0v) is 11.9. The lowest BCUT2D eigenvalue weighted by Crippen LogP contribution is -2.21. The third kappa shape index (κ3) is 1.62. The Morgan fingerprint density at radius 1 is 0.783 bits per heavy atom. The van der Waals surface area contributed by atoms with Gasteiger partial charge in [-0.2, -0.15) is 0 Å². The third-order valence-electron chi connectivity index (χ3n) is 3.60. The van der Waals surface area contributed by atoms with Gasteiger partial charge in [-0.15, -0.1) is 8.42 Å². The summed E-state index contributed by atoms with van der Waals surface area (Å²) >= 11 is 0. The first-order valence-electron chi connectivity index (χ1n) is 6.26. The standard InChI is InChI=1S/C14H6O8S/c15-9-5-3-1-2-4-6(5)10(16)8-7(9)11(17)12(18)14-13(8)21-23(19,20)22-14/h1-4,17-18H. The molecule has 1 aliphatic heterocycles. The summed E-state index contributed by atoms with van der Waals surface area (Å²) in [5, 5.41) is 19.9. The molecule has 2 N–H and O–H groups in total. The van der Waals surface area contributed by atoms with Crippen LogP contribution in [-0.2, 0) is 10.4 Å². The van der Waals surface area contributed by atoms with Crippen LogP contribution < -0.4 is 8.37 Å². The van der Waals surface area contributed by atoms with Crippen LogP contribution in [0.3, 0.4) is 0 Å². The topological polar surface area (TPSA) is 127 Å². The summed E-state index contributed by atoms with van der Waals surface area (Å²) < 4.78 is 31.9. The molecular formula is C14H6O8S. The molecule has 4 rings (SSSR count). The molecule has 1 aliphatic carbocycles. The fraction of sp³-hybridized carbons (Fsp3) is 0. The number of rotatable bonds is 0. The van der Waals surface area contributed by atoms with Gasteiger partial charge >= 0.3 is 10.4 Å². The van der Waals surface area contributed by atoms with Crippen LogP contribution in [0.1, 0.15) is 31.8 Å². The highest BCUT2D eigenvalue weighted by Gasteiger charge is 2.44. The molecular weight excluding hydrogens is 328 g/mol. The summed E-state index contributed by atoms with van der Waals surface area (Å²) in [5.41, 5.74) is -0.919. The molecule has 2 aromatic rings. The molecule has 0 saturated heterocycles. The van der Waals surface area contributed by atoms with Gasteiger partial charge in [-0.1, -0.05) is 24.3 Å². The highest BCUT2D eigenvalue weighted by Crippen LogP contribution is 2.54. The second kappa shape index (κ2) is 4.02. The monoisotopic (exact) mass is 334 g/mol. The van der Waals surface area contributed by atoms with Gasteiger partial charge in [0.05, 0.1) is 11.1 Å². The van der Waals surface area contributed by atoms with Crippen LogP contribution in [0.15, 0.2) is 24.3 Å².